The van der Waals surface area contributed by atoms with Gasteiger partial charge in [0, 0.05) is 23.8 Å². The number of nitrogens with one attached hydrogen (secondary N) is 3. The van der Waals surface area contributed by atoms with Crippen molar-refractivity contribution in [1.29, 1.82) is 0 Å². The molecule has 0 spiro atoms. The molecule has 0 aromatic heterocycles. The van der Waals surface area contributed by atoms with E-state index in [-0.39, 0.29) is 24.0 Å². The van der Waals surface area contributed by atoms with E-state index in [1.165, 1.54) is 7.11 Å². The molecule has 2 aromatic rings. The second-order valence-corrected chi connectivity index (χ2v) is 5.93. The summed E-state index contributed by atoms with van der Waals surface area (Å²) >= 11 is 5.90. The van der Waals surface area contributed by atoms with Gasteiger partial charge in [-0.2, -0.15) is 0 Å². The summed E-state index contributed by atoms with van der Waals surface area (Å²) in [5.41, 5.74) is 2.83. The van der Waals surface area contributed by atoms with Crippen LogP contribution in [0.25, 0.3) is 0 Å². The molecule has 0 heterocycles. The topological polar surface area (TPSA) is 74.8 Å². The summed E-state index contributed by atoms with van der Waals surface area (Å²) in [4.78, 5) is 15.8. The Morgan fingerprint density at radius 2 is 1.67 bits per heavy atom. The highest BCUT2D eigenvalue weighted by atomic mass is 127. The molecule has 2 aromatic carbocycles. The quantitative estimate of drug-likeness (QED) is 0.311. The van der Waals surface area contributed by atoms with E-state index in [0.717, 1.165) is 28.7 Å². The van der Waals surface area contributed by atoms with Crippen molar-refractivity contribution in [2.45, 2.75) is 20.0 Å². The first-order valence-corrected chi connectivity index (χ1v) is 8.69. The number of methoxy groups -OCH3 is 1. The third kappa shape index (κ3) is 8.49. The number of carbonyl (C=O) groups excluding carboxylic acids is 1. The molecule has 6 nitrogen and oxygen atoms in total. The zero-order valence-electron chi connectivity index (χ0n) is 15.3. The summed E-state index contributed by atoms with van der Waals surface area (Å²) in [6, 6.07) is 15.2. The van der Waals surface area contributed by atoms with E-state index in [0.29, 0.717) is 18.8 Å². The van der Waals surface area contributed by atoms with E-state index in [9.17, 15) is 4.79 Å². The van der Waals surface area contributed by atoms with Crippen molar-refractivity contribution < 1.29 is 9.53 Å². The third-order valence-electron chi connectivity index (χ3n) is 3.52. The van der Waals surface area contributed by atoms with Crippen molar-refractivity contribution >= 4 is 53.3 Å². The van der Waals surface area contributed by atoms with Crippen molar-refractivity contribution in [3.8, 4) is 0 Å². The van der Waals surface area contributed by atoms with Crippen molar-refractivity contribution in [3.63, 3.8) is 0 Å². The van der Waals surface area contributed by atoms with Crippen LogP contribution in [0.4, 0.5) is 10.5 Å². The van der Waals surface area contributed by atoms with Gasteiger partial charge < -0.3 is 15.4 Å². The Morgan fingerprint density at radius 1 is 1.04 bits per heavy atom. The molecule has 0 aliphatic heterocycles. The van der Waals surface area contributed by atoms with Gasteiger partial charge in [-0.05, 0) is 42.3 Å². The Balaban J connectivity index is 0.00000364. The van der Waals surface area contributed by atoms with Gasteiger partial charge in [-0.3, -0.25) is 5.32 Å². The maximum absolute atomic E-state index is 11.2. The first-order chi connectivity index (χ1) is 12.6. The van der Waals surface area contributed by atoms with Crippen LogP contribution in [-0.2, 0) is 17.8 Å². The van der Waals surface area contributed by atoms with Crippen LogP contribution in [-0.4, -0.2) is 25.7 Å². The zero-order chi connectivity index (χ0) is 18.8. The summed E-state index contributed by atoms with van der Waals surface area (Å²) in [7, 11) is 1.33. The summed E-state index contributed by atoms with van der Waals surface area (Å²) in [5, 5.41) is 9.85. The molecule has 0 bridgehead atoms. The molecule has 0 aliphatic rings. The number of hydrogen-bond acceptors (Lipinski definition) is 3. The second-order valence-electron chi connectivity index (χ2n) is 5.49. The summed E-state index contributed by atoms with van der Waals surface area (Å²) in [5.74, 6) is 0.735. The molecule has 0 fully saturated rings. The predicted octanol–water partition coefficient (Wildman–Crippen LogP) is 4.39. The second kappa shape index (κ2) is 12.4. The van der Waals surface area contributed by atoms with Crippen LogP contribution in [0, 0.1) is 0 Å². The minimum atomic E-state index is -0.489. The summed E-state index contributed by atoms with van der Waals surface area (Å²) < 4.78 is 4.56. The lowest BCUT2D eigenvalue weighted by Crippen LogP contribution is -2.36. The Labute approximate surface area is 181 Å². The van der Waals surface area contributed by atoms with Gasteiger partial charge in [0.2, 0.25) is 0 Å². The molecule has 146 valence electrons. The van der Waals surface area contributed by atoms with Crippen molar-refractivity contribution in [1.82, 2.24) is 10.6 Å². The molecule has 8 heteroatoms. The Morgan fingerprint density at radius 3 is 2.26 bits per heavy atom. The van der Waals surface area contributed by atoms with Gasteiger partial charge in [-0.15, -0.1) is 24.0 Å². The lowest BCUT2D eigenvalue weighted by atomic mass is 10.2. The summed E-state index contributed by atoms with van der Waals surface area (Å²) in [6.07, 6.45) is -0.489. The maximum Gasteiger partial charge on any atom is 0.411 e. The number of benzene rings is 2. The number of halogens is 2. The van der Waals surface area contributed by atoms with Crippen molar-refractivity contribution in [3.05, 3.63) is 64.7 Å². The van der Waals surface area contributed by atoms with Crippen LogP contribution in [0.3, 0.4) is 0 Å². The first kappa shape index (κ1) is 23.0. The Kier molecular flexibility index (Phi) is 10.6. The van der Waals surface area contributed by atoms with Crippen LogP contribution >= 0.6 is 35.6 Å². The van der Waals surface area contributed by atoms with Crippen LogP contribution < -0.4 is 16.0 Å². The average Bonchev–Trinajstić information content (AvgIpc) is 2.66. The Bertz CT molecular complexity index is 736. The molecular weight excluding hydrogens is 479 g/mol. The molecule has 3 N–H and O–H groups in total. The molecule has 2 rings (SSSR count). The number of anilines is 1. The minimum Gasteiger partial charge on any atom is -0.453 e. The highest BCUT2D eigenvalue weighted by Gasteiger charge is 2.02. The van der Waals surface area contributed by atoms with E-state index < -0.39 is 6.09 Å². The van der Waals surface area contributed by atoms with Crippen LogP contribution in [0.2, 0.25) is 5.02 Å². The number of amides is 1. The van der Waals surface area contributed by atoms with Crippen molar-refractivity contribution in [2.24, 2.45) is 4.99 Å². The zero-order valence-corrected chi connectivity index (χ0v) is 18.4. The smallest absolute Gasteiger partial charge is 0.411 e. The highest BCUT2D eigenvalue weighted by Crippen LogP contribution is 2.11. The number of ether oxygens (including phenoxy) is 1. The average molecular weight is 503 g/mol. The van der Waals surface area contributed by atoms with Crippen LogP contribution in [0.15, 0.2) is 53.5 Å². The Hall–Kier alpha value is -2.00. The summed E-state index contributed by atoms with van der Waals surface area (Å²) in [6.45, 7) is 3.97. The van der Waals surface area contributed by atoms with E-state index in [1.807, 2.05) is 55.5 Å². The number of nitrogens with zero attached hydrogens (tertiary/aromatic N) is 1. The number of carbonyl (C=O) groups is 1. The maximum atomic E-state index is 11.2. The molecule has 27 heavy (non-hydrogen) atoms. The first-order valence-electron chi connectivity index (χ1n) is 8.31. The molecule has 0 saturated carbocycles. The third-order valence-corrected chi connectivity index (χ3v) is 3.77. The van der Waals surface area contributed by atoms with E-state index in [2.05, 4.69) is 25.7 Å². The molecule has 0 aliphatic carbocycles. The molecule has 0 atom stereocenters. The fourth-order valence-corrected chi connectivity index (χ4v) is 2.29. The van der Waals surface area contributed by atoms with Crippen molar-refractivity contribution in [2.75, 3.05) is 19.0 Å². The van der Waals surface area contributed by atoms with Gasteiger partial charge in [0.15, 0.2) is 5.96 Å². The minimum absolute atomic E-state index is 0. The molecule has 0 radical (unpaired) electrons. The van der Waals surface area contributed by atoms with Crippen LogP contribution in [0.1, 0.15) is 18.1 Å². The normalized spacial score (nSPS) is 10.6. The number of aliphatic imine (C=N–C) groups is 1. The lowest BCUT2D eigenvalue weighted by Gasteiger charge is -2.11. The standard InChI is InChI=1S/C19H23ClN4O2.HI/c1-3-21-18(22-12-14-4-8-16(20)9-5-14)23-13-15-6-10-17(11-7-15)24-19(25)26-2;/h4-11H,3,12-13H2,1-2H3,(H,24,25)(H2,21,22,23);1H. The van der Waals surface area contributed by atoms with Gasteiger partial charge in [0.25, 0.3) is 0 Å². The predicted molar refractivity (Wildman–Crippen MR) is 121 cm³/mol. The van der Waals surface area contributed by atoms with Gasteiger partial charge in [0.05, 0.1) is 13.7 Å². The molecular formula is C19H24ClIN4O2. The number of rotatable bonds is 6. The lowest BCUT2D eigenvalue weighted by molar-refractivity contribution is 0.187. The fourth-order valence-electron chi connectivity index (χ4n) is 2.16. The van der Waals surface area contributed by atoms with E-state index in [4.69, 9.17) is 11.6 Å². The van der Waals surface area contributed by atoms with Gasteiger partial charge in [-0.1, -0.05) is 35.9 Å². The fraction of sp³-hybridized carbons (Fsp3) is 0.263. The molecule has 0 saturated heterocycles. The molecule has 1 amide bonds. The van der Waals surface area contributed by atoms with Crippen LogP contribution in [0.5, 0.6) is 0 Å². The monoisotopic (exact) mass is 502 g/mol. The van der Waals surface area contributed by atoms with E-state index in [1.54, 1.807) is 0 Å². The van der Waals surface area contributed by atoms with Gasteiger partial charge in [-0.25, -0.2) is 9.79 Å². The van der Waals surface area contributed by atoms with Gasteiger partial charge >= 0.3 is 6.09 Å². The highest BCUT2D eigenvalue weighted by molar-refractivity contribution is 14.0. The number of hydrogen-bond donors (Lipinski definition) is 3. The van der Waals surface area contributed by atoms with Gasteiger partial charge in [0.1, 0.15) is 0 Å². The van der Waals surface area contributed by atoms with E-state index >= 15 is 0 Å². The SMILES string of the molecule is CCNC(=NCc1ccc(NC(=O)OC)cc1)NCc1ccc(Cl)cc1.I. The number of guanidine groups is 1. The largest absolute Gasteiger partial charge is 0.453 e. The molecule has 0 unspecified atom stereocenters.